The summed E-state index contributed by atoms with van der Waals surface area (Å²) in [5.41, 5.74) is 4.98. The van der Waals surface area contributed by atoms with Crippen LogP contribution < -0.4 is 5.32 Å². The van der Waals surface area contributed by atoms with Gasteiger partial charge in [-0.1, -0.05) is 28.1 Å². The lowest BCUT2D eigenvalue weighted by atomic mass is 9.95. The van der Waals surface area contributed by atoms with Gasteiger partial charge < -0.3 is 5.32 Å². The van der Waals surface area contributed by atoms with Gasteiger partial charge >= 0.3 is 0 Å². The van der Waals surface area contributed by atoms with Gasteiger partial charge in [0.1, 0.15) is 5.82 Å². The Bertz CT molecular complexity index is 972. The van der Waals surface area contributed by atoms with E-state index in [2.05, 4.69) is 26.3 Å². The molecule has 1 aliphatic rings. The summed E-state index contributed by atoms with van der Waals surface area (Å²) in [6.45, 7) is 1.97. The van der Waals surface area contributed by atoms with E-state index >= 15 is 0 Å². The molecule has 2 heterocycles. The number of benzene rings is 1. The van der Waals surface area contributed by atoms with Gasteiger partial charge in [-0.15, -0.1) is 11.3 Å². The van der Waals surface area contributed by atoms with Gasteiger partial charge in [0.25, 0.3) is 5.91 Å². The van der Waals surface area contributed by atoms with Gasteiger partial charge in [-0.2, -0.15) is 5.10 Å². The lowest BCUT2D eigenvalue weighted by Gasteiger charge is -2.13. The SMILES string of the molecule is Cc1nn(C)c(NC(=O)c2csc3c2CCCC3)c1-c1ccc(Br)cc1. The molecule has 0 radical (unpaired) electrons. The van der Waals surface area contributed by atoms with Gasteiger partial charge in [0, 0.05) is 27.3 Å². The molecule has 4 nitrogen and oxygen atoms in total. The quantitative estimate of drug-likeness (QED) is 0.609. The lowest BCUT2D eigenvalue weighted by molar-refractivity contribution is 0.102. The normalized spacial score (nSPS) is 13.5. The minimum Gasteiger partial charge on any atom is -0.306 e. The van der Waals surface area contributed by atoms with Gasteiger partial charge in [0.15, 0.2) is 0 Å². The summed E-state index contributed by atoms with van der Waals surface area (Å²) in [4.78, 5) is 14.4. The lowest BCUT2D eigenvalue weighted by Crippen LogP contribution is -2.17. The molecule has 0 bridgehead atoms. The number of anilines is 1. The number of nitrogens with zero attached hydrogens (tertiary/aromatic N) is 2. The van der Waals surface area contributed by atoms with Gasteiger partial charge in [-0.05, 0) is 55.9 Å². The highest BCUT2D eigenvalue weighted by Crippen LogP contribution is 2.34. The number of rotatable bonds is 3. The fraction of sp³-hybridized carbons (Fsp3) is 0.300. The molecule has 1 amide bonds. The topological polar surface area (TPSA) is 46.9 Å². The third-order valence-electron chi connectivity index (χ3n) is 4.89. The predicted octanol–water partition coefficient (Wildman–Crippen LogP) is 5.35. The van der Waals surface area contributed by atoms with Gasteiger partial charge in [0.05, 0.1) is 11.3 Å². The first kappa shape index (κ1) is 17.5. The van der Waals surface area contributed by atoms with Crippen LogP contribution in [0.2, 0.25) is 0 Å². The van der Waals surface area contributed by atoms with Crippen LogP contribution in [0.4, 0.5) is 5.82 Å². The summed E-state index contributed by atoms with van der Waals surface area (Å²) in [5.74, 6) is 0.705. The molecule has 0 unspecified atom stereocenters. The molecule has 3 aromatic rings. The number of fused-ring (bicyclic) bond motifs is 1. The second-order valence-electron chi connectivity index (χ2n) is 6.65. The monoisotopic (exact) mass is 429 g/mol. The summed E-state index contributed by atoms with van der Waals surface area (Å²) in [7, 11) is 1.87. The highest BCUT2D eigenvalue weighted by molar-refractivity contribution is 9.10. The summed E-state index contributed by atoms with van der Waals surface area (Å²) >= 11 is 5.19. The summed E-state index contributed by atoms with van der Waals surface area (Å²) < 4.78 is 2.78. The van der Waals surface area contributed by atoms with Crippen molar-refractivity contribution in [3.63, 3.8) is 0 Å². The maximum Gasteiger partial charge on any atom is 0.257 e. The number of thiophene rings is 1. The van der Waals surface area contributed by atoms with E-state index in [4.69, 9.17) is 0 Å². The van der Waals surface area contributed by atoms with Crippen LogP contribution in [-0.4, -0.2) is 15.7 Å². The Labute approximate surface area is 165 Å². The van der Waals surface area contributed by atoms with Crippen molar-refractivity contribution in [2.45, 2.75) is 32.6 Å². The minimum absolute atomic E-state index is 0.0363. The van der Waals surface area contributed by atoms with E-state index in [9.17, 15) is 4.79 Å². The number of hydrogen-bond donors (Lipinski definition) is 1. The molecule has 2 aromatic heterocycles. The Kier molecular flexibility index (Phi) is 4.71. The van der Waals surface area contributed by atoms with Crippen LogP contribution in [0.5, 0.6) is 0 Å². The van der Waals surface area contributed by atoms with Crippen molar-refractivity contribution in [2.24, 2.45) is 7.05 Å². The molecule has 0 saturated carbocycles. The van der Waals surface area contributed by atoms with Crippen molar-refractivity contribution in [3.05, 3.63) is 55.8 Å². The highest BCUT2D eigenvalue weighted by Gasteiger charge is 2.23. The number of aromatic nitrogens is 2. The molecular weight excluding hydrogens is 410 g/mol. The molecule has 0 aliphatic heterocycles. The molecule has 1 N–H and O–H groups in total. The highest BCUT2D eigenvalue weighted by atomic mass is 79.9. The molecule has 4 rings (SSSR count). The Balaban J connectivity index is 1.69. The maximum atomic E-state index is 13.0. The molecule has 134 valence electrons. The maximum absolute atomic E-state index is 13.0. The zero-order valence-electron chi connectivity index (χ0n) is 14.8. The van der Waals surface area contributed by atoms with E-state index in [0.717, 1.165) is 45.5 Å². The van der Waals surface area contributed by atoms with E-state index in [-0.39, 0.29) is 5.91 Å². The number of hydrogen-bond acceptors (Lipinski definition) is 3. The molecule has 6 heteroatoms. The second-order valence-corrected chi connectivity index (χ2v) is 8.53. The Morgan fingerprint density at radius 3 is 2.73 bits per heavy atom. The molecule has 0 saturated heterocycles. The van der Waals surface area contributed by atoms with E-state index < -0.39 is 0 Å². The molecule has 1 aliphatic carbocycles. The minimum atomic E-state index is -0.0363. The largest absolute Gasteiger partial charge is 0.306 e. The number of amides is 1. The van der Waals surface area contributed by atoms with Crippen LogP contribution >= 0.6 is 27.3 Å². The van der Waals surface area contributed by atoms with E-state index in [1.165, 1.54) is 23.3 Å². The average Bonchev–Trinajstić information content (AvgIpc) is 3.17. The average molecular weight is 430 g/mol. The van der Waals surface area contributed by atoms with E-state index in [0.29, 0.717) is 0 Å². The fourth-order valence-electron chi connectivity index (χ4n) is 3.62. The first-order chi connectivity index (χ1) is 12.5. The van der Waals surface area contributed by atoms with Crippen molar-refractivity contribution in [3.8, 4) is 11.1 Å². The Hall–Kier alpha value is -1.92. The van der Waals surface area contributed by atoms with Crippen LogP contribution in [0, 0.1) is 6.92 Å². The van der Waals surface area contributed by atoms with Crippen molar-refractivity contribution >= 4 is 39.0 Å². The second kappa shape index (κ2) is 7.00. The van der Waals surface area contributed by atoms with Crippen LogP contribution in [0.3, 0.4) is 0 Å². The molecule has 26 heavy (non-hydrogen) atoms. The smallest absolute Gasteiger partial charge is 0.257 e. The summed E-state index contributed by atoms with van der Waals surface area (Å²) in [6.07, 6.45) is 4.50. The summed E-state index contributed by atoms with van der Waals surface area (Å²) in [6, 6.07) is 8.08. The van der Waals surface area contributed by atoms with Crippen LogP contribution in [0.15, 0.2) is 34.1 Å². The third-order valence-corrected chi connectivity index (χ3v) is 6.51. The standard InChI is InChI=1S/C20H20BrN3OS/c1-12-18(13-7-9-14(21)10-8-13)19(24(2)23-12)22-20(25)16-11-26-17-6-4-3-5-15(16)17/h7-11H,3-6H2,1-2H3,(H,22,25). The first-order valence-corrected chi connectivity index (χ1v) is 10.4. The Morgan fingerprint density at radius 2 is 1.96 bits per heavy atom. The van der Waals surface area contributed by atoms with Crippen molar-refractivity contribution in [1.29, 1.82) is 0 Å². The Morgan fingerprint density at radius 1 is 1.23 bits per heavy atom. The van der Waals surface area contributed by atoms with Gasteiger partial charge in [-0.3, -0.25) is 9.48 Å². The third kappa shape index (κ3) is 3.12. The van der Waals surface area contributed by atoms with Crippen molar-refractivity contribution in [2.75, 3.05) is 5.32 Å². The number of carbonyl (C=O) groups excluding carboxylic acids is 1. The molecular formula is C20H20BrN3OS. The molecule has 0 fully saturated rings. The van der Waals surface area contributed by atoms with E-state index in [1.54, 1.807) is 16.0 Å². The first-order valence-electron chi connectivity index (χ1n) is 8.74. The number of aryl methyl sites for hydroxylation is 3. The zero-order valence-corrected chi connectivity index (χ0v) is 17.2. The van der Waals surface area contributed by atoms with E-state index in [1.807, 2.05) is 43.6 Å². The molecule has 0 atom stereocenters. The van der Waals surface area contributed by atoms with Crippen LogP contribution in [0.25, 0.3) is 11.1 Å². The molecule has 0 spiro atoms. The molecule has 1 aromatic carbocycles. The number of carbonyl (C=O) groups is 1. The van der Waals surface area contributed by atoms with Crippen molar-refractivity contribution in [1.82, 2.24) is 9.78 Å². The predicted molar refractivity (Wildman–Crippen MR) is 110 cm³/mol. The fourth-order valence-corrected chi connectivity index (χ4v) is 5.01. The van der Waals surface area contributed by atoms with Gasteiger partial charge in [-0.25, -0.2) is 0 Å². The summed E-state index contributed by atoms with van der Waals surface area (Å²) in [5, 5.41) is 9.65. The van der Waals surface area contributed by atoms with Crippen LogP contribution in [0.1, 0.15) is 39.3 Å². The zero-order chi connectivity index (χ0) is 18.3. The van der Waals surface area contributed by atoms with Crippen molar-refractivity contribution < 1.29 is 4.79 Å². The van der Waals surface area contributed by atoms with Crippen LogP contribution in [-0.2, 0) is 19.9 Å². The number of nitrogens with one attached hydrogen (secondary N) is 1. The number of halogens is 1. The van der Waals surface area contributed by atoms with Gasteiger partial charge in [0.2, 0.25) is 0 Å².